The van der Waals surface area contributed by atoms with Crippen LogP contribution in [0.5, 0.6) is 5.75 Å². The summed E-state index contributed by atoms with van der Waals surface area (Å²) in [5, 5.41) is 1.19. The van der Waals surface area contributed by atoms with E-state index in [4.69, 9.17) is 21.3 Å². The fraction of sp³-hybridized carbons (Fsp3) is 0.300. The van der Waals surface area contributed by atoms with Gasteiger partial charge in [0.05, 0.1) is 11.3 Å². The lowest BCUT2D eigenvalue weighted by molar-refractivity contribution is 0.0985. The fourth-order valence-corrected chi connectivity index (χ4v) is 3.86. The molecule has 7 heteroatoms. The van der Waals surface area contributed by atoms with Gasteiger partial charge in [0.1, 0.15) is 11.3 Å². The van der Waals surface area contributed by atoms with Gasteiger partial charge in [-0.1, -0.05) is 35.1 Å². The van der Waals surface area contributed by atoms with Crippen LogP contribution in [0.2, 0.25) is 5.02 Å². The van der Waals surface area contributed by atoms with E-state index in [0.717, 1.165) is 22.5 Å². The molecule has 0 spiro atoms. The molecule has 27 heavy (non-hydrogen) atoms. The number of hydrogen-bond donors (Lipinski definition) is 0. The normalized spacial score (nSPS) is 11.1. The van der Waals surface area contributed by atoms with Crippen LogP contribution in [0.4, 0.5) is 5.13 Å². The van der Waals surface area contributed by atoms with Crippen molar-refractivity contribution >= 4 is 44.2 Å². The molecule has 3 aromatic rings. The van der Waals surface area contributed by atoms with E-state index in [2.05, 4.69) is 0 Å². The van der Waals surface area contributed by atoms with E-state index in [0.29, 0.717) is 28.9 Å². The topological polar surface area (TPSA) is 45.7 Å². The maximum Gasteiger partial charge on any atom is 0.260 e. The van der Waals surface area contributed by atoms with Gasteiger partial charge in [-0.25, -0.2) is 4.98 Å². The number of rotatable bonds is 7. The first-order chi connectivity index (χ1) is 13.0. The molecule has 0 fully saturated rings. The first-order valence-corrected chi connectivity index (χ1v) is 9.93. The van der Waals surface area contributed by atoms with Crippen LogP contribution in [0.15, 0.2) is 42.5 Å². The standard InChI is InChI=1S/C20H22ClN3O2S/c1-4-26-16-9-6-10-17-18(16)22-20(27-17)24(12-11-23(2)3)19(25)14-7-5-8-15(21)13-14/h5-10,13H,4,11-12H2,1-3H3. The van der Waals surface area contributed by atoms with Gasteiger partial charge in [0.2, 0.25) is 0 Å². The Morgan fingerprint density at radius 2 is 1.96 bits per heavy atom. The van der Waals surface area contributed by atoms with Crippen molar-refractivity contribution in [3.05, 3.63) is 53.1 Å². The van der Waals surface area contributed by atoms with Gasteiger partial charge < -0.3 is 9.64 Å². The molecule has 3 rings (SSSR count). The summed E-state index contributed by atoms with van der Waals surface area (Å²) in [5.41, 5.74) is 1.33. The number of thiazole rings is 1. The number of carbonyl (C=O) groups excluding carboxylic acids is 1. The number of ether oxygens (including phenoxy) is 1. The van der Waals surface area contributed by atoms with Gasteiger partial charge in [0, 0.05) is 23.7 Å². The summed E-state index contributed by atoms with van der Waals surface area (Å²) >= 11 is 7.57. The minimum Gasteiger partial charge on any atom is -0.492 e. The van der Waals surface area contributed by atoms with E-state index in [1.54, 1.807) is 29.2 Å². The molecule has 0 aliphatic rings. The highest BCUT2D eigenvalue weighted by Crippen LogP contribution is 2.34. The van der Waals surface area contributed by atoms with Gasteiger partial charge in [0.25, 0.3) is 5.91 Å². The number of halogens is 1. The molecule has 2 aromatic carbocycles. The average Bonchev–Trinajstić information content (AvgIpc) is 3.06. The van der Waals surface area contributed by atoms with Crippen LogP contribution >= 0.6 is 22.9 Å². The first kappa shape index (κ1) is 19.6. The number of fused-ring (bicyclic) bond motifs is 1. The Labute approximate surface area is 168 Å². The SMILES string of the molecule is CCOc1cccc2sc(N(CCN(C)C)C(=O)c3cccc(Cl)c3)nc12. The molecule has 0 bridgehead atoms. The van der Waals surface area contributed by atoms with Crippen molar-refractivity contribution in [1.29, 1.82) is 0 Å². The van der Waals surface area contributed by atoms with Crippen molar-refractivity contribution in [2.45, 2.75) is 6.92 Å². The first-order valence-electron chi connectivity index (χ1n) is 8.74. The number of likely N-dealkylation sites (N-methyl/N-ethyl adjacent to an activating group) is 1. The van der Waals surface area contributed by atoms with Crippen molar-refractivity contribution in [2.75, 3.05) is 38.7 Å². The minimum atomic E-state index is -0.114. The Morgan fingerprint density at radius 3 is 2.67 bits per heavy atom. The number of anilines is 1. The van der Waals surface area contributed by atoms with E-state index in [1.165, 1.54) is 11.3 Å². The Kier molecular flexibility index (Phi) is 6.31. The summed E-state index contributed by atoms with van der Waals surface area (Å²) in [4.78, 5) is 21.7. The smallest absolute Gasteiger partial charge is 0.260 e. The van der Waals surface area contributed by atoms with Crippen molar-refractivity contribution in [2.24, 2.45) is 0 Å². The molecule has 142 valence electrons. The third-order valence-electron chi connectivity index (χ3n) is 3.99. The Bertz CT molecular complexity index is 942. The van der Waals surface area contributed by atoms with Crippen LogP contribution in [0.3, 0.4) is 0 Å². The molecule has 1 heterocycles. The number of benzene rings is 2. The average molecular weight is 404 g/mol. The van der Waals surface area contributed by atoms with E-state index < -0.39 is 0 Å². The summed E-state index contributed by atoms with van der Waals surface area (Å²) in [6.07, 6.45) is 0. The van der Waals surface area contributed by atoms with Gasteiger partial charge in [-0.05, 0) is 51.4 Å². The van der Waals surface area contributed by atoms with Crippen LogP contribution in [-0.2, 0) is 0 Å². The monoisotopic (exact) mass is 403 g/mol. The van der Waals surface area contributed by atoms with Gasteiger partial charge in [0.15, 0.2) is 5.13 Å². The Hall–Kier alpha value is -2.15. The van der Waals surface area contributed by atoms with Gasteiger partial charge >= 0.3 is 0 Å². The lowest BCUT2D eigenvalue weighted by Gasteiger charge is -2.22. The van der Waals surface area contributed by atoms with Crippen molar-refractivity contribution < 1.29 is 9.53 Å². The largest absolute Gasteiger partial charge is 0.492 e. The zero-order chi connectivity index (χ0) is 19.4. The molecule has 1 amide bonds. The van der Waals surface area contributed by atoms with Crippen LogP contribution < -0.4 is 9.64 Å². The molecular formula is C20H22ClN3O2S. The molecule has 5 nitrogen and oxygen atoms in total. The van der Waals surface area contributed by atoms with Gasteiger partial charge in [-0.2, -0.15) is 0 Å². The van der Waals surface area contributed by atoms with Crippen LogP contribution in [-0.4, -0.2) is 49.6 Å². The second-order valence-electron chi connectivity index (χ2n) is 6.30. The Morgan fingerprint density at radius 1 is 1.19 bits per heavy atom. The summed E-state index contributed by atoms with van der Waals surface area (Å²) in [5.74, 6) is 0.622. The molecular weight excluding hydrogens is 382 g/mol. The minimum absolute atomic E-state index is 0.114. The van der Waals surface area contributed by atoms with Crippen molar-refractivity contribution in [1.82, 2.24) is 9.88 Å². The van der Waals surface area contributed by atoms with Crippen LogP contribution in [0, 0.1) is 0 Å². The van der Waals surface area contributed by atoms with Gasteiger partial charge in [-0.3, -0.25) is 9.69 Å². The summed E-state index contributed by atoms with van der Waals surface area (Å²) in [6, 6.07) is 12.8. The number of hydrogen-bond acceptors (Lipinski definition) is 5. The molecule has 0 radical (unpaired) electrons. The molecule has 0 aliphatic carbocycles. The van der Waals surface area contributed by atoms with E-state index in [-0.39, 0.29) is 5.91 Å². The molecule has 1 aromatic heterocycles. The highest BCUT2D eigenvalue weighted by molar-refractivity contribution is 7.22. The third kappa shape index (κ3) is 4.58. The maximum absolute atomic E-state index is 13.2. The zero-order valence-electron chi connectivity index (χ0n) is 15.6. The number of amides is 1. The Balaban J connectivity index is 2.01. The van der Waals surface area contributed by atoms with Gasteiger partial charge in [-0.15, -0.1) is 0 Å². The summed E-state index contributed by atoms with van der Waals surface area (Å²) in [7, 11) is 3.96. The number of aromatic nitrogens is 1. The van der Waals surface area contributed by atoms with E-state index in [9.17, 15) is 4.79 Å². The zero-order valence-corrected chi connectivity index (χ0v) is 17.2. The van der Waals surface area contributed by atoms with Crippen LogP contribution in [0.25, 0.3) is 10.2 Å². The van der Waals surface area contributed by atoms with E-state index in [1.807, 2.05) is 44.1 Å². The summed E-state index contributed by atoms with van der Waals surface area (Å²) in [6.45, 7) is 3.76. The molecule has 0 unspecified atom stereocenters. The van der Waals surface area contributed by atoms with E-state index >= 15 is 0 Å². The lowest BCUT2D eigenvalue weighted by Crippen LogP contribution is -2.36. The predicted molar refractivity (Wildman–Crippen MR) is 112 cm³/mol. The van der Waals surface area contributed by atoms with Crippen molar-refractivity contribution in [3.63, 3.8) is 0 Å². The molecule has 0 aliphatic heterocycles. The second-order valence-corrected chi connectivity index (χ2v) is 7.75. The fourth-order valence-electron chi connectivity index (χ4n) is 2.66. The molecule has 0 atom stereocenters. The molecule has 0 saturated carbocycles. The highest BCUT2D eigenvalue weighted by atomic mass is 35.5. The second kappa shape index (κ2) is 8.69. The quantitative estimate of drug-likeness (QED) is 0.580. The van der Waals surface area contributed by atoms with Crippen LogP contribution in [0.1, 0.15) is 17.3 Å². The highest BCUT2D eigenvalue weighted by Gasteiger charge is 2.22. The predicted octanol–water partition coefficient (Wildman–Crippen LogP) is 4.56. The molecule has 0 N–H and O–H groups in total. The molecule has 0 saturated heterocycles. The number of carbonyl (C=O) groups is 1. The third-order valence-corrected chi connectivity index (χ3v) is 5.27. The number of nitrogens with zero attached hydrogens (tertiary/aromatic N) is 3. The summed E-state index contributed by atoms with van der Waals surface area (Å²) < 4.78 is 6.68. The maximum atomic E-state index is 13.2. The lowest BCUT2D eigenvalue weighted by atomic mass is 10.2. The van der Waals surface area contributed by atoms with Crippen molar-refractivity contribution in [3.8, 4) is 5.75 Å². The number of para-hydroxylation sites is 1.